The zero-order valence-corrected chi connectivity index (χ0v) is 13.2. The van der Waals surface area contributed by atoms with Crippen LogP contribution in [0.3, 0.4) is 0 Å². The third-order valence-corrected chi connectivity index (χ3v) is 3.79. The Morgan fingerprint density at radius 3 is 2.88 bits per heavy atom. The van der Waals surface area contributed by atoms with Crippen LogP contribution in [0.1, 0.15) is 30.6 Å². The monoisotopic (exact) mass is 336 g/mol. The standard InChI is InChI=1S/C16H17FN2O5/c1-22-6-2-3-7-23-11-5-4-9-8-10-14(20)18-16(21)19-15(10)24-13(9)12(11)17/h8H,2-7H2,1H3,(H,18,20,21). The van der Waals surface area contributed by atoms with E-state index in [4.69, 9.17) is 13.9 Å². The molecule has 0 radical (unpaired) electrons. The molecule has 3 rings (SSSR count). The number of hydrogen-bond donors (Lipinski definition) is 1. The largest absolute Gasteiger partial charge is 0.495 e. The van der Waals surface area contributed by atoms with Crippen molar-refractivity contribution >= 4 is 5.83 Å². The van der Waals surface area contributed by atoms with Gasteiger partial charge in [0.25, 0.3) is 5.56 Å². The SMILES string of the molecule is COCCCCOC1=C(F)c2oc3nc(=O)[nH]c(=O)c-3cc2CC1. The number of aryl methyl sites for hydroxylation is 1. The number of aromatic amines is 1. The zero-order chi connectivity index (χ0) is 17.1. The quantitative estimate of drug-likeness (QED) is 0.809. The summed E-state index contributed by atoms with van der Waals surface area (Å²) >= 11 is 0. The van der Waals surface area contributed by atoms with Crippen molar-refractivity contribution in [3.05, 3.63) is 44.0 Å². The van der Waals surface area contributed by atoms with Crippen LogP contribution in [0, 0.1) is 0 Å². The topological polar surface area (TPSA) is 94.4 Å². The zero-order valence-electron chi connectivity index (χ0n) is 13.2. The summed E-state index contributed by atoms with van der Waals surface area (Å²) in [7, 11) is 1.62. The van der Waals surface area contributed by atoms with Gasteiger partial charge in [-0.05, 0) is 30.9 Å². The highest BCUT2D eigenvalue weighted by Crippen LogP contribution is 2.35. The van der Waals surface area contributed by atoms with E-state index in [1.807, 2.05) is 0 Å². The van der Waals surface area contributed by atoms with Crippen LogP contribution < -0.4 is 11.2 Å². The van der Waals surface area contributed by atoms with E-state index in [-0.39, 0.29) is 23.0 Å². The van der Waals surface area contributed by atoms with Crippen LogP contribution >= 0.6 is 0 Å². The summed E-state index contributed by atoms with van der Waals surface area (Å²) in [5, 5.41) is 0. The van der Waals surface area contributed by atoms with Crippen molar-refractivity contribution in [1.82, 2.24) is 9.97 Å². The van der Waals surface area contributed by atoms with Gasteiger partial charge in [-0.15, -0.1) is 0 Å². The van der Waals surface area contributed by atoms with E-state index in [0.29, 0.717) is 31.6 Å². The van der Waals surface area contributed by atoms with Crippen LogP contribution in [-0.4, -0.2) is 30.3 Å². The number of hydrogen-bond acceptors (Lipinski definition) is 6. The fourth-order valence-electron chi connectivity index (χ4n) is 2.58. The van der Waals surface area contributed by atoms with Crippen molar-refractivity contribution in [2.24, 2.45) is 0 Å². The van der Waals surface area contributed by atoms with Gasteiger partial charge in [0.15, 0.2) is 5.76 Å². The first kappa shape index (κ1) is 16.4. The maximum Gasteiger partial charge on any atom is 0.351 e. The molecule has 0 atom stereocenters. The van der Waals surface area contributed by atoms with Gasteiger partial charge in [-0.3, -0.25) is 9.78 Å². The highest BCUT2D eigenvalue weighted by atomic mass is 19.1. The lowest BCUT2D eigenvalue weighted by molar-refractivity contribution is 0.160. The highest BCUT2D eigenvalue weighted by Gasteiger charge is 2.26. The van der Waals surface area contributed by atoms with Gasteiger partial charge in [-0.25, -0.2) is 4.79 Å². The number of aromatic nitrogens is 2. The maximum absolute atomic E-state index is 14.6. The van der Waals surface area contributed by atoms with Crippen molar-refractivity contribution in [2.75, 3.05) is 20.3 Å². The van der Waals surface area contributed by atoms with Crippen LogP contribution in [0.4, 0.5) is 4.39 Å². The second-order valence-corrected chi connectivity index (χ2v) is 5.48. The first-order valence-corrected chi connectivity index (χ1v) is 7.68. The van der Waals surface area contributed by atoms with E-state index in [1.54, 1.807) is 7.11 Å². The fraction of sp³-hybridized carbons (Fsp3) is 0.438. The van der Waals surface area contributed by atoms with E-state index in [1.165, 1.54) is 6.07 Å². The van der Waals surface area contributed by atoms with Crippen molar-refractivity contribution in [1.29, 1.82) is 0 Å². The van der Waals surface area contributed by atoms with Crippen LogP contribution in [0.5, 0.6) is 0 Å². The summed E-state index contributed by atoms with van der Waals surface area (Å²) in [6, 6.07) is 1.51. The number of nitrogens with zero attached hydrogens (tertiary/aromatic N) is 1. The summed E-state index contributed by atoms with van der Waals surface area (Å²) in [6.07, 6.45) is 2.45. The van der Waals surface area contributed by atoms with Gasteiger partial charge in [-0.1, -0.05) is 0 Å². The van der Waals surface area contributed by atoms with E-state index in [2.05, 4.69) is 9.97 Å². The molecule has 128 valence electrons. The Balaban J connectivity index is 1.88. The average Bonchev–Trinajstić information content (AvgIpc) is 2.55. The first-order valence-electron chi connectivity index (χ1n) is 7.68. The van der Waals surface area contributed by atoms with Gasteiger partial charge in [0.1, 0.15) is 11.3 Å². The molecule has 1 N–H and O–H groups in total. The molecule has 7 nitrogen and oxygen atoms in total. The molecule has 0 bridgehead atoms. The van der Waals surface area contributed by atoms with Crippen molar-refractivity contribution in [2.45, 2.75) is 25.7 Å². The molecule has 3 aliphatic rings. The minimum absolute atomic E-state index is 0.0295. The molecule has 0 saturated heterocycles. The van der Waals surface area contributed by atoms with Gasteiger partial charge in [0, 0.05) is 20.1 Å². The Morgan fingerprint density at radius 1 is 1.29 bits per heavy atom. The summed E-state index contributed by atoms with van der Waals surface area (Å²) in [5.41, 5.74) is -0.741. The Labute approximate surface area is 136 Å². The summed E-state index contributed by atoms with van der Waals surface area (Å²) in [5.74, 6) is -0.605. The number of nitrogens with one attached hydrogen (secondary N) is 1. The Hall–Kier alpha value is -2.48. The molecule has 24 heavy (non-hydrogen) atoms. The van der Waals surface area contributed by atoms with Crippen LogP contribution in [0.2, 0.25) is 0 Å². The maximum atomic E-state index is 14.6. The van der Waals surface area contributed by atoms with E-state index in [0.717, 1.165) is 12.8 Å². The normalized spacial score (nSPS) is 14.1. The van der Waals surface area contributed by atoms with Gasteiger partial charge in [0.05, 0.1) is 6.61 Å². The molecule has 0 aromatic rings. The van der Waals surface area contributed by atoms with Crippen LogP contribution in [0.25, 0.3) is 17.3 Å². The Bertz CT molecular complexity index is 854. The molecule has 0 amide bonds. The van der Waals surface area contributed by atoms with E-state index < -0.39 is 17.1 Å². The van der Waals surface area contributed by atoms with Gasteiger partial charge < -0.3 is 13.9 Å². The molecule has 2 heterocycles. The number of unbranched alkanes of at least 4 members (excludes halogenated alkanes) is 1. The second-order valence-electron chi connectivity index (χ2n) is 5.48. The van der Waals surface area contributed by atoms with Crippen LogP contribution in [0.15, 0.2) is 25.8 Å². The molecule has 0 fully saturated rings. The van der Waals surface area contributed by atoms with Crippen molar-refractivity contribution < 1.29 is 18.3 Å². The second kappa shape index (κ2) is 6.96. The Kier molecular flexibility index (Phi) is 4.75. The smallest absolute Gasteiger partial charge is 0.351 e. The number of ether oxygens (including phenoxy) is 2. The average molecular weight is 336 g/mol. The lowest BCUT2D eigenvalue weighted by Gasteiger charge is -2.19. The number of allylic oxidation sites excluding steroid dienone is 1. The molecule has 0 aromatic heterocycles. The number of rotatable bonds is 6. The molecule has 0 spiro atoms. The third-order valence-electron chi connectivity index (χ3n) is 3.79. The number of methoxy groups -OCH3 is 1. The van der Waals surface area contributed by atoms with E-state index in [9.17, 15) is 14.0 Å². The van der Waals surface area contributed by atoms with E-state index >= 15 is 0 Å². The lowest BCUT2D eigenvalue weighted by atomic mass is 9.99. The molecule has 0 saturated carbocycles. The molecule has 1 aliphatic carbocycles. The van der Waals surface area contributed by atoms with Gasteiger partial charge in [-0.2, -0.15) is 9.37 Å². The predicted octanol–water partition coefficient (Wildman–Crippen LogP) is 1.86. The minimum atomic E-state index is -0.828. The fourth-order valence-corrected chi connectivity index (χ4v) is 2.58. The summed E-state index contributed by atoms with van der Waals surface area (Å²) in [6.45, 7) is 1.02. The van der Waals surface area contributed by atoms with Crippen molar-refractivity contribution in [3.8, 4) is 11.5 Å². The summed E-state index contributed by atoms with van der Waals surface area (Å²) < 4.78 is 30.4. The first-order chi connectivity index (χ1) is 11.6. The minimum Gasteiger partial charge on any atom is -0.495 e. The molecule has 8 heteroatoms. The van der Waals surface area contributed by atoms with Crippen LogP contribution in [-0.2, 0) is 15.9 Å². The predicted molar refractivity (Wildman–Crippen MR) is 83.4 cm³/mol. The van der Waals surface area contributed by atoms with Crippen molar-refractivity contribution in [3.63, 3.8) is 0 Å². The molecule has 0 unspecified atom stereocenters. The Morgan fingerprint density at radius 2 is 2.08 bits per heavy atom. The van der Waals surface area contributed by atoms with Gasteiger partial charge in [0.2, 0.25) is 11.7 Å². The molecule has 2 aliphatic heterocycles. The summed E-state index contributed by atoms with van der Waals surface area (Å²) in [4.78, 5) is 28.7. The highest BCUT2D eigenvalue weighted by molar-refractivity contribution is 5.66. The number of fused-ring (bicyclic) bond motifs is 2. The van der Waals surface area contributed by atoms with Gasteiger partial charge >= 0.3 is 5.69 Å². The lowest BCUT2D eigenvalue weighted by Crippen LogP contribution is -2.25. The third kappa shape index (κ3) is 3.23. The molecular formula is C16H17FN2O5. The number of halogens is 1. The molecular weight excluding hydrogens is 319 g/mol. The molecule has 0 aromatic carbocycles. The number of H-pyrrole nitrogens is 1.